The second-order valence-corrected chi connectivity index (χ2v) is 6.48. The Morgan fingerprint density at radius 2 is 2.07 bits per heavy atom. The van der Waals surface area contributed by atoms with E-state index in [1.807, 2.05) is 18.4 Å². The van der Waals surface area contributed by atoms with Gasteiger partial charge in [0.05, 0.1) is 11.7 Å². The third-order valence-corrected chi connectivity index (χ3v) is 4.24. The van der Waals surface area contributed by atoms with Crippen molar-refractivity contribution in [2.24, 2.45) is 5.41 Å². The molecule has 0 amide bonds. The minimum Gasteiger partial charge on any atom is -0.311 e. The molecule has 1 atom stereocenters. The van der Waals surface area contributed by atoms with E-state index in [-0.39, 0.29) is 5.41 Å². The van der Waals surface area contributed by atoms with Crippen LogP contribution in [0.5, 0.6) is 0 Å². The van der Waals surface area contributed by atoms with Crippen molar-refractivity contribution < 1.29 is 0 Å². The van der Waals surface area contributed by atoms with Crippen molar-refractivity contribution in [2.45, 2.75) is 46.1 Å². The molecule has 1 aromatic rings. The predicted octanol–water partition coefficient (Wildman–Crippen LogP) is 2.94. The van der Waals surface area contributed by atoms with Crippen molar-refractivity contribution in [1.29, 1.82) is 0 Å². The Kier molecular flexibility index (Phi) is 2.86. The van der Waals surface area contributed by atoms with Crippen LogP contribution in [0.4, 0.5) is 0 Å². The predicted molar refractivity (Wildman–Crippen MR) is 65.4 cm³/mol. The SMILES string of the molecule is CNC(c1nc2c(s1)CCC2)C(C)(C)C. The number of rotatable bonds is 2. The first-order chi connectivity index (χ1) is 7.02. The van der Waals surface area contributed by atoms with Crippen molar-refractivity contribution in [3.8, 4) is 0 Å². The van der Waals surface area contributed by atoms with E-state index in [9.17, 15) is 0 Å². The lowest BCUT2D eigenvalue weighted by Gasteiger charge is -2.28. The zero-order valence-corrected chi connectivity index (χ0v) is 10.9. The van der Waals surface area contributed by atoms with Crippen molar-refractivity contribution in [1.82, 2.24) is 10.3 Å². The smallest absolute Gasteiger partial charge is 0.111 e. The van der Waals surface area contributed by atoms with Gasteiger partial charge < -0.3 is 5.32 Å². The monoisotopic (exact) mass is 224 g/mol. The second kappa shape index (κ2) is 3.87. The lowest BCUT2D eigenvalue weighted by molar-refractivity contribution is 0.286. The average molecular weight is 224 g/mol. The molecule has 0 bridgehead atoms. The number of hydrogen-bond donors (Lipinski definition) is 1. The molecule has 1 aliphatic rings. The fraction of sp³-hybridized carbons (Fsp3) is 0.750. The molecule has 0 aromatic carbocycles. The van der Waals surface area contributed by atoms with Crippen LogP contribution < -0.4 is 5.32 Å². The minimum absolute atomic E-state index is 0.236. The second-order valence-electron chi connectivity index (χ2n) is 5.36. The van der Waals surface area contributed by atoms with E-state index in [4.69, 9.17) is 4.98 Å². The van der Waals surface area contributed by atoms with Gasteiger partial charge in [-0.3, -0.25) is 0 Å². The Labute approximate surface area is 96.1 Å². The van der Waals surface area contributed by atoms with Gasteiger partial charge in [0.25, 0.3) is 0 Å². The number of fused-ring (bicyclic) bond motifs is 1. The summed E-state index contributed by atoms with van der Waals surface area (Å²) in [7, 11) is 2.03. The molecule has 1 heterocycles. The molecule has 0 radical (unpaired) electrons. The van der Waals surface area contributed by atoms with E-state index < -0.39 is 0 Å². The Hall–Kier alpha value is -0.410. The molecule has 1 aliphatic carbocycles. The maximum atomic E-state index is 4.78. The molecule has 1 aromatic heterocycles. The molecule has 3 heteroatoms. The van der Waals surface area contributed by atoms with E-state index in [2.05, 4.69) is 26.1 Å². The molecule has 0 fully saturated rings. The molecule has 84 valence electrons. The van der Waals surface area contributed by atoms with Crippen LogP contribution >= 0.6 is 11.3 Å². The molecule has 1 N–H and O–H groups in total. The van der Waals surface area contributed by atoms with Gasteiger partial charge in [-0.1, -0.05) is 20.8 Å². The van der Waals surface area contributed by atoms with E-state index >= 15 is 0 Å². The molecule has 2 rings (SSSR count). The highest BCUT2D eigenvalue weighted by molar-refractivity contribution is 7.11. The average Bonchev–Trinajstić information content (AvgIpc) is 2.61. The highest BCUT2D eigenvalue weighted by atomic mass is 32.1. The third kappa shape index (κ3) is 2.08. The van der Waals surface area contributed by atoms with Crippen LogP contribution in [0.25, 0.3) is 0 Å². The number of thiazole rings is 1. The van der Waals surface area contributed by atoms with Crippen LogP contribution in [0.1, 0.15) is 48.8 Å². The van der Waals surface area contributed by atoms with Crippen LogP contribution in [0.2, 0.25) is 0 Å². The number of hydrogen-bond acceptors (Lipinski definition) is 3. The first-order valence-electron chi connectivity index (χ1n) is 5.68. The van der Waals surface area contributed by atoms with Crippen LogP contribution in [0, 0.1) is 5.41 Å². The summed E-state index contributed by atoms with van der Waals surface area (Å²) in [4.78, 5) is 6.31. The van der Waals surface area contributed by atoms with E-state index in [0.29, 0.717) is 6.04 Å². The zero-order valence-electron chi connectivity index (χ0n) is 10.1. The molecule has 0 saturated carbocycles. The summed E-state index contributed by atoms with van der Waals surface area (Å²) in [5.41, 5.74) is 1.60. The summed E-state index contributed by atoms with van der Waals surface area (Å²) in [6.45, 7) is 6.79. The normalized spacial score (nSPS) is 17.9. The molecule has 0 spiro atoms. The number of nitrogens with one attached hydrogen (secondary N) is 1. The lowest BCUT2D eigenvalue weighted by atomic mass is 9.87. The maximum absolute atomic E-state index is 4.78. The summed E-state index contributed by atoms with van der Waals surface area (Å²) in [6.07, 6.45) is 3.73. The van der Waals surface area contributed by atoms with E-state index in [0.717, 1.165) is 0 Å². The van der Waals surface area contributed by atoms with Gasteiger partial charge in [-0.2, -0.15) is 0 Å². The Morgan fingerprint density at radius 3 is 2.60 bits per heavy atom. The molecule has 2 nitrogen and oxygen atoms in total. The van der Waals surface area contributed by atoms with Gasteiger partial charge >= 0.3 is 0 Å². The van der Waals surface area contributed by atoms with E-state index in [1.165, 1.54) is 34.8 Å². The van der Waals surface area contributed by atoms with Gasteiger partial charge in [-0.05, 0) is 31.7 Å². The Bertz CT molecular complexity index is 327. The Morgan fingerprint density at radius 1 is 1.33 bits per heavy atom. The summed E-state index contributed by atoms with van der Waals surface area (Å²) in [6, 6.07) is 0.382. The van der Waals surface area contributed by atoms with Crippen molar-refractivity contribution in [2.75, 3.05) is 7.05 Å². The van der Waals surface area contributed by atoms with Crippen LogP contribution in [0.15, 0.2) is 0 Å². The Balaban J connectivity index is 2.28. The fourth-order valence-corrected chi connectivity index (χ4v) is 3.77. The molecule has 0 saturated heterocycles. The molecule has 1 unspecified atom stereocenters. The first-order valence-corrected chi connectivity index (χ1v) is 6.50. The van der Waals surface area contributed by atoms with Crippen molar-refractivity contribution >= 4 is 11.3 Å². The van der Waals surface area contributed by atoms with Gasteiger partial charge in [0.1, 0.15) is 5.01 Å². The largest absolute Gasteiger partial charge is 0.311 e. The van der Waals surface area contributed by atoms with Crippen LogP contribution in [-0.2, 0) is 12.8 Å². The fourth-order valence-electron chi connectivity index (χ4n) is 2.26. The third-order valence-electron chi connectivity index (χ3n) is 3.01. The van der Waals surface area contributed by atoms with Gasteiger partial charge in [-0.15, -0.1) is 11.3 Å². The van der Waals surface area contributed by atoms with Gasteiger partial charge in [0.15, 0.2) is 0 Å². The number of nitrogens with zero attached hydrogens (tertiary/aromatic N) is 1. The first kappa shape index (κ1) is 11.1. The van der Waals surface area contributed by atoms with Gasteiger partial charge in [-0.25, -0.2) is 4.98 Å². The highest BCUT2D eigenvalue weighted by Gasteiger charge is 2.29. The topological polar surface area (TPSA) is 24.9 Å². The van der Waals surface area contributed by atoms with Crippen LogP contribution in [0.3, 0.4) is 0 Å². The maximum Gasteiger partial charge on any atom is 0.111 e. The highest BCUT2D eigenvalue weighted by Crippen LogP contribution is 2.37. The molecule has 15 heavy (non-hydrogen) atoms. The summed E-state index contributed by atoms with van der Waals surface area (Å²) in [5, 5.41) is 4.67. The van der Waals surface area contributed by atoms with Gasteiger partial charge in [0.2, 0.25) is 0 Å². The van der Waals surface area contributed by atoms with Crippen molar-refractivity contribution in [3.63, 3.8) is 0 Å². The van der Waals surface area contributed by atoms with Crippen molar-refractivity contribution in [3.05, 3.63) is 15.6 Å². The molecule has 0 aliphatic heterocycles. The summed E-state index contributed by atoms with van der Waals surface area (Å²) < 4.78 is 0. The van der Waals surface area contributed by atoms with Gasteiger partial charge in [0, 0.05) is 4.88 Å². The van der Waals surface area contributed by atoms with Crippen LogP contribution in [-0.4, -0.2) is 12.0 Å². The number of aryl methyl sites for hydroxylation is 2. The molecular weight excluding hydrogens is 204 g/mol. The molecular formula is C12H20N2S. The quantitative estimate of drug-likeness (QED) is 0.835. The zero-order chi connectivity index (χ0) is 11.1. The summed E-state index contributed by atoms with van der Waals surface area (Å²) in [5.74, 6) is 0. The lowest BCUT2D eigenvalue weighted by Crippen LogP contribution is -2.29. The minimum atomic E-state index is 0.236. The number of aromatic nitrogens is 1. The standard InChI is InChI=1S/C12H20N2S/c1-12(2,3)10(13-4)11-14-8-6-5-7-9(8)15-11/h10,13H,5-7H2,1-4H3. The van der Waals surface area contributed by atoms with E-state index in [1.54, 1.807) is 0 Å². The summed E-state index contributed by atoms with van der Waals surface area (Å²) >= 11 is 1.91.